The van der Waals surface area contributed by atoms with Crippen molar-refractivity contribution in [1.29, 1.82) is 0 Å². The van der Waals surface area contributed by atoms with Gasteiger partial charge in [0.05, 0.1) is 5.69 Å². The molecule has 0 saturated heterocycles. The highest BCUT2D eigenvalue weighted by Gasteiger charge is 2.31. The highest BCUT2D eigenvalue weighted by molar-refractivity contribution is 5.71. The number of aromatic nitrogens is 2. The molecule has 0 aliphatic carbocycles. The van der Waals surface area contributed by atoms with Crippen molar-refractivity contribution in [2.75, 3.05) is 18.9 Å². The second kappa shape index (κ2) is 4.61. The summed E-state index contributed by atoms with van der Waals surface area (Å²) in [6, 6.07) is 4.40. The number of nitrogen functional groups attached to an aromatic ring is 1. The van der Waals surface area contributed by atoms with E-state index < -0.39 is 5.92 Å². The summed E-state index contributed by atoms with van der Waals surface area (Å²) in [5.41, 5.74) is 6.24. The van der Waals surface area contributed by atoms with Gasteiger partial charge in [-0.2, -0.15) is 5.10 Å². The number of hydrogen-bond donors (Lipinski definition) is 1. The van der Waals surface area contributed by atoms with E-state index in [-0.39, 0.29) is 5.56 Å². The summed E-state index contributed by atoms with van der Waals surface area (Å²) in [4.78, 5) is 0. The predicted molar refractivity (Wildman–Crippen MR) is 73.6 cm³/mol. The standard InChI is InChI=1S/C14H15F2N3O2/c1-14(15,16)9-6-12-11(20-3-4-21-12)5-8(9)10-7-13(17)19(2)18-10/h5-7H,3-4,17H2,1-2H3. The lowest BCUT2D eigenvalue weighted by atomic mass is 9.98. The molecular formula is C14H15F2N3O2. The Kier molecular flexibility index (Phi) is 3.00. The maximum atomic E-state index is 13.9. The monoisotopic (exact) mass is 295 g/mol. The summed E-state index contributed by atoms with van der Waals surface area (Å²) in [5.74, 6) is -1.87. The number of nitrogens with zero attached hydrogens (tertiary/aromatic N) is 2. The normalized spacial score (nSPS) is 14.3. The van der Waals surface area contributed by atoms with Crippen molar-refractivity contribution in [1.82, 2.24) is 9.78 Å². The first-order chi connectivity index (χ1) is 9.86. The fourth-order valence-electron chi connectivity index (χ4n) is 2.28. The number of aryl methyl sites for hydroxylation is 1. The number of halogens is 2. The van der Waals surface area contributed by atoms with Gasteiger partial charge in [-0.3, -0.25) is 4.68 Å². The Balaban J connectivity index is 2.21. The van der Waals surface area contributed by atoms with Crippen molar-refractivity contribution in [3.05, 3.63) is 23.8 Å². The molecule has 3 rings (SSSR count). The highest BCUT2D eigenvalue weighted by Crippen LogP contribution is 2.43. The van der Waals surface area contributed by atoms with Crippen LogP contribution in [0.3, 0.4) is 0 Å². The Labute approximate surface area is 120 Å². The third-order valence-electron chi connectivity index (χ3n) is 3.35. The van der Waals surface area contributed by atoms with Gasteiger partial charge in [0.15, 0.2) is 11.5 Å². The molecule has 0 radical (unpaired) electrons. The Hall–Kier alpha value is -2.31. The average Bonchev–Trinajstić information content (AvgIpc) is 2.76. The molecule has 0 saturated carbocycles. The summed E-state index contributed by atoms with van der Waals surface area (Å²) in [5, 5.41) is 4.17. The first kappa shape index (κ1) is 13.7. The molecule has 2 heterocycles. The lowest BCUT2D eigenvalue weighted by Crippen LogP contribution is -2.17. The molecule has 21 heavy (non-hydrogen) atoms. The van der Waals surface area contributed by atoms with Crippen LogP contribution < -0.4 is 15.2 Å². The minimum Gasteiger partial charge on any atom is -0.486 e. The molecule has 0 spiro atoms. The molecule has 1 aliphatic heterocycles. The van der Waals surface area contributed by atoms with Gasteiger partial charge in [0.25, 0.3) is 5.92 Å². The third-order valence-corrected chi connectivity index (χ3v) is 3.35. The lowest BCUT2D eigenvalue weighted by molar-refractivity contribution is 0.0175. The number of fused-ring (bicyclic) bond motifs is 1. The van der Waals surface area contributed by atoms with Crippen molar-refractivity contribution in [2.24, 2.45) is 7.05 Å². The van der Waals surface area contributed by atoms with Gasteiger partial charge in [-0.25, -0.2) is 8.78 Å². The zero-order valence-corrected chi connectivity index (χ0v) is 11.7. The Morgan fingerprint density at radius 2 is 1.81 bits per heavy atom. The van der Waals surface area contributed by atoms with Gasteiger partial charge in [0.2, 0.25) is 0 Å². The first-order valence-corrected chi connectivity index (χ1v) is 6.48. The van der Waals surface area contributed by atoms with Crippen LogP contribution >= 0.6 is 0 Å². The minimum atomic E-state index is -3.03. The number of alkyl halides is 2. The molecule has 0 atom stereocenters. The summed E-state index contributed by atoms with van der Waals surface area (Å²) >= 11 is 0. The van der Waals surface area contributed by atoms with E-state index in [1.54, 1.807) is 13.1 Å². The third kappa shape index (κ3) is 2.39. The molecule has 1 aromatic carbocycles. The van der Waals surface area contributed by atoms with Crippen LogP contribution in [0.5, 0.6) is 11.5 Å². The Bertz CT molecular complexity index is 673. The van der Waals surface area contributed by atoms with Crippen molar-refractivity contribution >= 4 is 5.82 Å². The van der Waals surface area contributed by atoms with Gasteiger partial charge in [-0.1, -0.05) is 0 Å². The number of anilines is 1. The van der Waals surface area contributed by atoms with E-state index in [0.29, 0.717) is 41.8 Å². The molecule has 112 valence electrons. The van der Waals surface area contributed by atoms with Crippen LogP contribution in [0.4, 0.5) is 14.6 Å². The Morgan fingerprint density at radius 1 is 1.19 bits per heavy atom. The van der Waals surface area contributed by atoms with Crippen LogP contribution in [0.2, 0.25) is 0 Å². The average molecular weight is 295 g/mol. The second-order valence-corrected chi connectivity index (χ2v) is 5.01. The SMILES string of the molecule is Cn1nc(-c2cc3c(cc2C(C)(F)F)OCCO3)cc1N. The van der Waals surface area contributed by atoms with E-state index in [4.69, 9.17) is 15.2 Å². The van der Waals surface area contributed by atoms with Crippen molar-refractivity contribution in [3.8, 4) is 22.8 Å². The number of benzene rings is 1. The maximum absolute atomic E-state index is 13.9. The molecule has 7 heteroatoms. The second-order valence-electron chi connectivity index (χ2n) is 5.01. The van der Waals surface area contributed by atoms with Crippen LogP contribution in [-0.2, 0) is 13.0 Å². The molecule has 0 unspecified atom stereocenters. The summed E-state index contributed by atoms with van der Waals surface area (Å²) < 4.78 is 40.1. The predicted octanol–water partition coefficient (Wildman–Crippen LogP) is 2.55. The van der Waals surface area contributed by atoms with Gasteiger partial charge < -0.3 is 15.2 Å². The molecule has 0 bridgehead atoms. The number of hydrogen-bond acceptors (Lipinski definition) is 4. The van der Waals surface area contributed by atoms with E-state index in [9.17, 15) is 8.78 Å². The molecular weight excluding hydrogens is 280 g/mol. The topological polar surface area (TPSA) is 62.3 Å². The van der Waals surface area contributed by atoms with Crippen molar-refractivity contribution in [2.45, 2.75) is 12.8 Å². The first-order valence-electron chi connectivity index (χ1n) is 6.48. The zero-order valence-electron chi connectivity index (χ0n) is 11.7. The van der Waals surface area contributed by atoms with E-state index in [0.717, 1.165) is 6.92 Å². The maximum Gasteiger partial charge on any atom is 0.271 e. The van der Waals surface area contributed by atoms with Gasteiger partial charge in [0, 0.05) is 31.2 Å². The summed E-state index contributed by atoms with van der Waals surface area (Å²) in [7, 11) is 1.65. The number of rotatable bonds is 2. The highest BCUT2D eigenvalue weighted by atomic mass is 19.3. The van der Waals surface area contributed by atoms with Crippen molar-refractivity contribution < 1.29 is 18.3 Å². The van der Waals surface area contributed by atoms with E-state index in [2.05, 4.69) is 5.10 Å². The van der Waals surface area contributed by atoms with Crippen LogP contribution in [0.1, 0.15) is 12.5 Å². The molecule has 1 aromatic heterocycles. The lowest BCUT2D eigenvalue weighted by Gasteiger charge is -2.22. The van der Waals surface area contributed by atoms with E-state index in [1.165, 1.54) is 16.8 Å². The number of ether oxygens (including phenoxy) is 2. The number of nitrogens with two attached hydrogens (primary N) is 1. The summed E-state index contributed by atoms with van der Waals surface area (Å²) in [6.07, 6.45) is 0. The quantitative estimate of drug-likeness (QED) is 0.925. The largest absolute Gasteiger partial charge is 0.486 e. The van der Waals surface area contributed by atoms with E-state index in [1.807, 2.05) is 0 Å². The fourth-order valence-corrected chi connectivity index (χ4v) is 2.28. The van der Waals surface area contributed by atoms with E-state index >= 15 is 0 Å². The van der Waals surface area contributed by atoms with Gasteiger partial charge in [0.1, 0.15) is 19.0 Å². The van der Waals surface area contributed by atoms with Gasteiger partial charge in [-0.05, 0) is 12.1 Å². The van der Waals surface area contributed by atoms with Crippen LogP contribution in [-0.4, -0.2) is 23.0 Å². The molecule has 0 amide bonds. The van der Waals surface area contributed by atoms with Crippen molar-refractivity contribution in [3.63, 3.8) is 0 Å². The van der Waals surface area contributed by atoms with Gasteiger partial charge in [-0.15, -0.1) is 0 Å². The summed E-state index contributed by atoms with van der Waals surface area (Å²) in [6.45, 7) is 1.57. The molecule has 2 aromatic rings. The minimum absolute atomic E-state index is 0.162. The fraction of sp³-hybridized carbons (Fsp3) is 0.357. The Morgan fingerprint density at radius 3 is 2.33 bits per heavy atom. The molecule has 2 N–H and O–H groups in total. The van der Waals surface area contributed by atoms with Crippen LogP contribution in [0.15, 0.2) is 18.2 Å². The van der Waals surface area contributed by atoms with Gasteiger partial charge >= 0.3 is 0 Å². The van der Waals surface area contributed by atoms with Crippen LogP contribution in [0, 0.1) is 0 Å². The smallest absolute Gasteiger partial charge is 0.271 e. The zero-order chi connectivity index (χ0) is 15.2. The molecule has 5 nitrogen and oxygen atoms in total. The molecule has 1 aliphatic rings. The van der Waals surface area contributed by atoms with Crippen LogP contribution in [0.25, 0.3) is 11.3 Å². The molecule has 0 fully saturated rings.